The molecule has 2 fully saturated rings. The van der Waals surface area contributed by atoms with E-state index < -0.39 is 17.6 Å². The molecule has 0 bridgehead atoms. The summed E-state index contributed by atoms with van der Waals surface area (Å²) in [6.45, 7) is 2.49. The minimum absolute atomic E-state index is 0.0257. The van der Waals surface area contributed by atoms with Gasteiger partial charge >= 0.3 is 12.2 Å². The van der Waals surface area contributed by atoms with Gasteiger partial charge in [0.2, 0.25) is 5.88 Å². The van der Waals surface area contributed by atoms with Gasteiger partial charge in [0.25, 0.3) is 0 Å². The second kappa shape index (κ2) is 8.77. The number of nitrogens with one attached hydrogen (secondary N) is 1. The van der Waals surface area contributed by atoms with Crippen molar-refractivity contribution >= 4 is 6.03 Å². The molecule has 2 saturated heterocycles. The van der Waals surface area contributed by atoms with Gasteiger partial charge in [0.15, 0.2) is 0 Å². The first-order valence-electron chi connectivity index (χ1n) is 9.21. The van der Waals surface area contributed by atoms with Crippen LogP contribution in [0.4, 0.5) is 18.0 Å². The maximum absolute atomic E-state index is 13.0. The highest BCUT2D eigenvalue weighted by molar-refractivity contribution is 5.74. The lowest BCUT2D eigenvalue weighted by atomic mass is 9.99. The van der Waals surface area contributed by atoms with E-state index in [1.54, 1.807) is 4.90 Å². The Hall–Kier alpha value is -2.03. The quantitative estimate of drug-likeness (QED) is 0.863. The average Bonchev–Trinajstić information content (AvgIpc) is 2.67. The van der Waals surface area contributed by atoms with Gasteiger partial charge in [-0.2, -0.15) is 13.2 Å². The Morgan fingerprint density at radius 2 is 2.11 bits per heavy atom. The maximum Gasteiger partial charge on any atom is 0.421 e. The average molecular weight is 387 g/mol. The molecule has 0 aromatic carbocycles. The molecule has 27 heavy (non-hydrogen) atoms. The van der Waals surface area contributed by atoms with Crippen molar-refractivity contribution < 1.29 is 27.4 Å². The fraction of sp³-hybridized carbons (Fsp3) is 0.667. The number of piperidine rings is 1. The van der Waals surface area contributed by atoms with Crippen molar-refractivity contribution in [2.45, 2.75) is 37.9 Å². The number of carbonyl (C=O) groups is 1. The van der Waals surface area contributed by atoms with Crippen LogP contribution in [-0.4, -0.2) is 54.9 Å². The van der Waals surface area contributed by atoms with Gasteiger partial charge in [-0.3, -0.25) is 0 Å². The summed E-state index contributed by atoms with van der Waals surface area (Å²) < 4.78 is 49.7. The molecule has 0 radical (unpaired) electrons. The van der Waals surface area contributed by atoms with Crippen LogP contribution in [0.25, 0.3) is 0 Å². The number of halogens is 3. The van der Waals surface area contributed by atoms with Crippen LogP contribution >= 0.6 is 0 Å². The van der Waals surface area contributed by atoms with Crippen LogP contribution in [0.3, 0.4) is 0 Å². The van der Waals surface area contributed by atoms with Gasteiger partial charge in [0.05, 0.1) is 6.61 Å². The Morgan fingerprint density at radius 1 is 1.33 bits per heavy atom. The van der Waals surface area contributed by atoms with Crippen LogP contribution in [0.15, 0.2) is 18.3 Å². The fourth-order valence-electron chi connectivity index (χ4n) is 3.41. The Kier molecular flexibility index (Phi) is 6.41. The Labute approximate surface area is 156 Å². The molecule has 150 valence electrons. The van der Waals surface area contributed by atoms with E-state index in [1.165, 1.54) is 12.3 Å². The number of amides is 2. The molecule has 6 nitrogen and oxygen atoms in total. The number of alkyl halides is 3. The van der Waals surface area contributed by atoms with Crippen molar-refractivity contribution in [2.24, 2.45) is 5.92 Å². The summed E-state index contributed by atoms with van der Waals surface area (Å²) in [5, 5.41) is 3.02. The van der Waals surface area contributed by atoms with Crippen molar-refractivity contribution in [3.63, 3.8) is 0 Å². The Morgan fingerprint density at radius 3 is 2.85 bits per heavy atom. The zero-order valence-electron chi connectivity index (χ0n) is 15.0. The SMILES string of the molecule is O=C(NC1CCOCC1)N1CCCC(COc2ncccc2C(F)(F)F)C1. The summed E-state index contributed by atoms with van der Waals surface area (Å²) in [5.41, 5.74) is -0.880. The number of carbonyl (C=O) groups excluding carboxylic acids is 1. The van der Waals surface area contributed by atoms with E-state index in [-0.39, 0.29) is 24.6 Å². The third kappa shape index (κ3) is 5.47. The van der Waals surface area contributed by atoms with E-state index in [1.807, 2.05) is 0 Å². The zero-order chi connectivity index (χ0) is 19.3. The predicted octanol–water partition coefficient (Wildman–Crippen LogP) is 3.08. The normalized spacial score (nSPS) is 21.7. The Balaban J connectivity index is 1.52. The molecule has 9 heteroatoms. The van der Waals surface area contributed by atoms with Gasteiger partial charge in [0.1, 0.15) is 5.56 Å². The number of rotatable bonds is 4. The third-order valence-corrected chi connectivity index (χ3v) is 4.89. The molecule has 3 rings (SSSR count). The van der Waals surface area contributed by atoms with E-state index in [4.69, 9.17) is 9.47 Å². The van der Waals surface area contributed by atoms with Crippen molar-refractivity contribution in [2.75, 3.05) is 32.9 Å². The highest BCUT2D eigenvalue weighted by atomic mass is 19.4. The first-order valence-corrected chi connectivity index (χ1v) is 9.21. The third-order valence-electron chi connectivity index (χ3n) is 4.89. The first-order chi connectivity index (χ1) is 12.9. The number of pyridine rings is 1. The largest absolute Gasteiger partial charge is 0.477 e. The van der Waals surface area contributed by atoms with Crippen LogP contribution in [-0.2, 0) is 10.9 Å². The highest BCUT2D eigenvalue weighted by Crippen LogP contribution is 2.34. The molecule has 2 amide bonds. The van der Waals surface area contributed by atoms with Gasteiger partial charge in [-0.25, -0.2) is 9.78 Å². The van der Waals surface area contributed by atoms with E-state index in [0.717, 1.165) is 31.7 Å². The van der Waals surface area contributed by atoms with Gasteiger partial charge in [-0.15, -0.1) is 0 Å². The number of nitrogens with zero attached hydrogens (tertiary/aromatic N) is 2. The molecule has 1 aromatic heterocycles. The van der Waals surface area contributed by atoms with Gasteiger partial charge in [0, 0.05) is 44.5 Å². The number of hydrogen-bond acceptors (Lipinski definition) is 4. The van der Waals surface area contributed by atoms with Crippen LogP contribution in [0.2, 0.25) is 0 Å². The fourth-order valence-corrected chi connectivity index (χ4v) is 3.41. The smallest absolute Gasteiger partial charge is 0.421 e. The molecule has 1 aromatic rings. The minimum atomic E-state index is -4.51. The van der Waals surface area contributed by atoms with Crippen LogP contribution in [0.1, 0.15) is 31.2 Å². The molecule has 1 N–H and O–H groups in total. The highest BCUT2D eigenvalue weighted by Gasteiger charge is 2.35. The van der Waals surface area contributed by atoms with Gasteiger partial charge in [-0.05, 0) is 37.8 Å². The summed E-state index contributed by atoms with van der Waals surface area (Å²) in [7, 11) is 0. The molecule has 0 spiro atoms. The first kappa shape index (κ1) is 19.7. The predicted molar refractivity (Wildman–Crippen MR) is 91.4 cm³/mol. The summed E-state index contributed by atoms with van der Waals surface area (Å²) in [6, 6.07) is 2.18. The summed E-state index contributed by atoms with van der Waals surface area (Å²) in [5.74, 6) is -0.434. The number of aromatic nitrogens is 1. The molecule has 2 aliphatic heterocycles. The lowest BCUT2D eigenvalue weighted by Gasteiger charge is -2.34. The van der Waals surface area contributed by atoms with Crippen molar-refractivity contribution in [1.29, 1.82) is 0 Å². The van der Waals surface area contributed by atoms with Gasteiger partial charge in [-0.1, -0.05) is 0 Å². The number of hydrogen-bond donors (Lipinski definition) is 1. The monoisotopic (exact) mass is 387 g/mol. The van der Waals surface area contributed by atoms with Crippen LogP contribution < -0.4 is 10.1 Å². The number of urea groups is 1. The van der Waals surface area contributed by atoms with Crippen molar-refractivity contribution in [1.82, 2.24) is 15.2 Å². The van der Waals surface area contributed by atoms with Crippen molar-refractivity contribution in [3.05, 3.63) is 23.9 Å². The second-order valence-electron chi connectivity index (χ2n) is 6.96. The van der Waals surface area contributed by atoms with E-state index in [2.05, 4.69) is 10.3 Å². The molecule has 2 aliphatic rings. The summed E-state index contributed by atoms with van der Waals surface area (Å²) >= 11 is 0. The lowest BCUT2D eigenvalue weighted by molar-refractivity contribution is -0.139. The topological polar surface area (TPSA) is 63.7 Å². The number of ether oxygens (including phenoxy) is 2. The second-order valence-corrected chi connectivity index (χ2v) is 6.96. The molecule has 0 aliphatic carbocycles. The summed E-state index contributed by atoms with van der Waals surface area (Å²) in [6.07, 6.45) is -0.0400. The van der Waals surface area contributed by atoms with Gasteiger partial charge < -0.3 is 19.7 Å². The number of likely N-dealkylation sites (tertiary alicyclic amines) is 1. The van der Waals surface area contributed by atoms with E-state index in [9.17, 15) is 18.0 Å². The molecular weight excluding hydrogens is 363 g/mol. The molecule has 0 saturated carbocycles. The molecule has 3 heterocycles. The Bertz CT molecular complexity index is 636. The minimum Gasteiger partial charge on any atom is -0.477 e. The zero-order valence-corrected chi connectivity index (χ0v) is 15.0. The molecular formula is C18H24F3N3O3. The molecule has 1 unspecified atom stereocenters. The maximum atomic E-state index is 13.0. The standard InChI is InChI=1S/C18H24F3N3O3/c19-18(20,21)15-4-1-7-22-16(15)27-12-13-3-2-8-24(11-13)17(25)23-14-5-9-26-10-6-14/h1,4,7,13-14H,2-3,5-6,8-12H2,(H,23,25). The van der Waals surface area contributed by atoms with Crippen molar-refractivity contribution in [3.8, 4) is 5.88 Å². The van der Waals surface area contributed by atoms with Crippen LogP contribution in [0, 0.1) is 5.92 Å². The van der Waals surface area contributed by atoms with E-state index in [0.29, 0.717) is 26.3 Å². The molecule has 1 atom stereocenters. The summed E-state index contributed by atoms with van der Waals surface area (Å²) in [4.78, 5) is 17.9. The van der Waals surface area contributed by atoms with E-state index >= 15 is 0 Å². The lowest BCUT2D eigenvalue weighted by Crippen LogP contribution is -2.50. The van der Waals surface area contributed by atoms with Crippen LogP contribution in [0.5, 0.6) is 5.88 Å².